The van der Waals surface area contributed by atoms with Crippen LogP contribution in [0.2, 0.25) is 0 Å². The lowest BCUT2D eigenvalue weighted by atomic mass is 9.33. The van der Waals surface area contributed by atoms with Crippen LogP contribution in [0.25, 0.3) is 0 Å². The number of allylic oxidation sites excluding steroid dienone is 1. The summed E-state index contributed by atoms with van der Waals surface area (Å²) in [5, 5.41) is 107. The van der Waals surface area contributed by atoms with Gasteiger partial charge in [-0.1, -0.05) is 53.2 Å². The van der Waals surface area contributed by atoms with Crippen LogP contribution in [0.5, 0.6) is 0 Å². The molecular weight excluding hydrogens is 836 g/mol. The predicted molar refractivity (Wildman–Crippen MR) is 224 cm³/mol. The van der Waals surface area contributed by atoms with Crippen molar-refractivity contribution in [1.29, 1.82) is 0 Å². The largest absolute Gasteiger partial charge is 0.432 e. The fraction of sp³-hybridized carbons (Fsp3) is 0.936. The number of aliphatic hydroxyl groups is 10. The molecule has 0 unspecified atom stereocenters. The van der Waals surface area contributed by atoms with Gasteiger partial charge >= 0.3 is 5.97 Å². The maximum atomic E-state index is 14.7. The molecule has 4 saturated carbocycles. The molecule has 0 amide bonds. The monoisotopic (exact) mass is 913 g/mol. The molecule has 3 saturated heterocycles. The summed E-state index contributed by atoms with van der Waals surface area (Å²) < 4.78 is 36.1. The van der Waals surface area contributed by atoms with Crippen molar-refractivity contribution in [2.45, 2.75) is 211 Å². The molecule has 5 aliphatic carbocycles. The molecule has 0 aromatic heterocycles. The summed E-state index contributed by atoms with van der Waals surface area (Å²) in [7, 11) is 0. The third-order valence-electron chi connectivity index (χ3n) is 19.3. The SMILES string of the molecule is C[C@@H]1O[C@@H](O[C@H]2[C@H](O[C@H]3CC[C@]4(C)[C@H]5CC=C6[C@H]7[C@](C(=O)O[C@@H]8O[C@H](CO)[C@@H](O)[C@H](O)[C@H]8O)(CC[C@@H](C)[C@@]7(C)O)CC[C@@]6(C)[C@]5(C)CC[C@H]4C3(C)C)OC[C@H](O)[C@@H]2O)[C@H](O)[C@H](O)[C@H]1O. The quantitative estimate of drug-likeness (QED) is 0.0960. The Balaban J connectivity index is 1.05. The molecule has 17 heteroatoms. The van der Waals surface area contributed by atoms with Gasteiger partial charge in [-0.3, -0.25) is 4.79 Å². The van der Waals surface area contributed by atoms with Gasteiger partial charge in [0.15, 0.2) is 12.6 Å². The first kappa shape index (κ1) is 49.0. The lowest BCUT2D eigenvalue weighted by molar-refractivity contribution is -0.364. The second-order valence-electron chi connectivity index (χ2n) is 22.7. The Labute approximate surface area is 376 Å². The smallest absolute Gasteiger partial charge is 0.315 e. The molecule has 366 valence electrons. The Bertz CT molecular complexity index is 1760. The molecule has 8 rings (SSSR count). The molecule has 8 aliphatic rings. The first-order chi connectivity index (χ1) is 29.8. The number of rotatable bonds is 7. The van der Waals surface area contributed by atoms with E-state index in [0.29, 0.717) is 32.1 Å². The van der Waals surface area contributed by atoms with Crippen LogP contribution in [0.4, 0.5) is 0 Å². The zero-order valence-electron chi connectivity index (χ0n) is 38.7. The van der Waals surface area contributed by atoms with E-state index in [2.05, 4.69) is 40.7 Å². The van der Waals surface area contributed by atoms with Crippen molar-refractivity contribution in [3.63, 3.8) is 0 Å². The van der Waals surface area contributed by atoms with Gasteiger partial charge in [-0.05, 0) is 111 Å². The summed E-state index contributed by atoms with van der Waals surface area (Å²) in [5.41, 5.74) is -2.62. The molecule has 0 spiro atoms. The van der Waals surface area contributed by atoms with Crippen LogP contribution < -0.4 is 0 Å². The highest BCUT2D eigenvalue weighted by Crippen LogP contribution is 2.76. The summed E-state index contributed by atoms with van der Waals surface area (Å²) in [4.78, 5) is 14.7. The average Bonchev–Trinajstić information content (AvgIpc) is 3.24. The minimum Gasteiger partial charge on any atom is -0.432 e. The lowest BCUT2D eigenvalue weighted by Gasteiger charge is -2.72. The Morgan fingerprint density at radius 3 is 2.08 bits per heavy atom. The molecule has 64 heavy (non-hydrogen) atoms. The van der Waals surface area contributed by atoms with E-state index in [0.717, 1.165) is 31.3 Å². The number of carbonyl (C=O) groups is 1. The van der Waals surface area contributed by atoms with Gasteiger partial charge in [-0.15, -0.1) is 0 Å². The second-order valence-corrected chi connectivity index (χ2v) is 22.7. The van der Waals surface area contributed by atoms with Crippen LogP contribution in [0.3, 0.4) is 0 Å². The van der Waals surface area contributed by atoms with E-state index in [1.54, 1.807) is 0 Å². The maximum Gasteiger partial charge on any atom is 0.315 e. The molecular formula is C47H76O17. The maximum absolute atomic E-state index is 14.7. The summed E-state index contributed by atoms with van der Waals surface area (Å²) in [6, 6.07) is 0. The summed E-state index contributed by atoms with van der Waals surface area (Å²) in [5.74, 6) is -0.983. The van der Waals surface area contributed by atoms with E-state index >= 15 is 0 Å². The molecule has 0 bridgehead atoms. The fourth-order valence-electron chi connectivity index (χ4n) is 14.9. The molecule has 0 radical (unpaired) electrons. The van der Waals surface area contributed by atoms with Gasteiger partial charge in [-0.2, -0.15) is 0 Å². The molecule has 0 aromatic carbocycles. The lowest BCUT2D eigenvalue weighted by Crippen LogP contribution is -2.68. The van der Waals surface area contributed by atoms with Crippen molar-refractivity contribution >= 4 is 5.97 Å². The van der Waals surface area contributed by atoms with Crippen molar-refractivity contribution in [2.75, 3.05) is 13.2 Å². The zero-order valence-corrected chi connectivity index (χ0v) is 38.7. The molecule has 3 aliphatic heterocycles. The van der Waals surface area contributed by atoms with E-state index in [1.807, 2.05) is 13.8 Å². The van der Waals surface area contributed by atoms with Gasteiger partial charge in [0.05, 0.1) is 36.4 Å². The second kappa shape index (κ2) is 16.9. The van der Waals surface area contributed by atoms with Crippen LogP contribution >= 0.6 is 0 Å². The predicted octanol–water partition coefficient (Wildman–Crippen LogP) is 0.778. The van der Waals surface area contributed by atoms with Gasteiger partial charge in [-0.25, -0.2) is 0 Å². The van der Waals surface area contributed by atoms with Gasteiger partial charge < -0.3 is 79.5 Å². The third kappa shape index (κ3) is 7.23. The first-order valence-corrected chi connectivity index (χ1v) is 23.7. The summed E-state index contributed by atoms with van der Waals surface area (Å²) in [6.45, 7) is 16.0. The first-order valence-electron chi connectivity index (χ1n) is 23.7. The van der Waals surface area contributed by atoms with Crippen molar-refractivity contribution in [1.82, 2.24) is 0 Å². The minimum atomic E-state index is -1.74. The molecule has 17 nitrogen and oxygen atoms in total. The summed E-state index contributed by atoms with van der Waals surface area (Å²) >= 11 is 0. The number of fused-ring (bicyclic) bond motifs is 7. The summed E-state index contributed by atoms with van der Waals surface area (Å²) in [6.07, 6.45) is -12.0. The fourth-order valence-corrected chi connectivity index (χ4v) is 14.9. The van der Waals surface area contributed by atoms with Crippen LogP contribution in [0.1, 0.15) is 113 Å². The number of aliphatic hydroxyl groups excluding tert-OH is 9. The Morgan fingerprint density at radius 1 is 0.719 bits per heavy atom. The average molecular weight is 913 g/mol. The molecule has 10 N–H and O–H groups in total. The highest BCUT2D eigenvalue weighted by molar-refractivity contribution is 5.79. The topological polar surface area (TPSA) is 275 Å². The highest BCUT2D eigenvalue weighted by atomic mass is 16.8. The number of ether oxygens (including phenoxy) is 6. The number of carbonyl (C=O) groups excluding carboxylic acids is 1. The third-order valence-corrected chi connectivity index (χ3v) is 19.3. The van der Waals surface area contributed by atoms with Gasteiger partial charge in [0.1, 0.15) is 61.0 Å². The highest BCUT2D eigenvalue weighted by Gasteiger charge is 2.72. The van der Waals surface area contributed by atoms with Crippen LogP contribution in [-0.4, -0.2) is 168 Å². The Morgan fingerprint density at radius 2 is 1.39 bits per heavy atom. The number of hydrogen-bond donors (Lipinski definition) is 10. The van der Waals surface area contributed by atoms with Crippen LogP contribution in [-0.2, 0) is 33.2 Å². The van der Waals surface area contributed by atoms with Crippen LogP contribution in [0.15, 0.2) is 11.6 Å². The van der Waals surface area contributed by atoms with Gasteiger partial charge in [0, 0.05) is 5.92 Å². The zero-order chi connectivity index (χ0) is 46.9. The molecule has 0 aromatic rings. The van der Waals surface area contributed by atoms with Gasteiger partial charge in [0.25, 0.3) is 0 Å². The Hall–Kier alpha value is -1.39. The Kier molecular flexibility index (Phi) is 13.0. The molecule has 24 atom stereocenters. The van der Waals surface area contributed by atoms with Gasteiger partial charge in [0.2, 0.25) is 6.29 Å². The van der Waals surface area contributed by atoms with Crippen molar-refractivity contribution in [3.05, 3.63) is 11.6 Å². The van der Waals surface area contributed by atoms with E-state index in [-0.39, 0.29) is 41.3 Å². The molecule has 3 heterocycles. The van der Waals surface area contributed by atoms with E-state index in [4.69, 9.17) is 28.4 Å². The number of esters is 1. The van der Waals surface area contributed by atoms with Crippen molar-refractivity contribution in [2.24, 2.45) is 50.7 Å². The van der Waals surface area contributed by atoms with E-state index in [9.17, 15) is 55.9 Å². The van der Waals surface area contributed by atoms with Crippen molar-refractivity contribution < 1.29 is 84.3 Å². The van der Waals surface area contributed by atoms with E-state index in [1.165, 1.54) is 6.92 Å². The minimum absolute atomic E-state index is 0.144. The van der Waals surface area contributed by atoms with E-state index < -0.39 is 126 Å². The number of hydrogen-bond acceptors (Lipinski definition) is 17. The molecule has 7 fully saturated rings. The normalized spacial score (nSPS) is 56.1. The van der Waals surface area contributed by atoms with Crippen LogP contribution in [0, 0.1) is 50.7 Å². The van der Waals surface area contributed by atoms with Crippen molar-refractivity contribution in [3.8, 4) is 0 Å². The standard InChI is InChI=1S/C47H76O17/c1-21-11-16-47(41(57)64-39-35(56)33(54)31(52)25(19-48)61-39)18-17-44(6)23(37(47)46(21,8)58)9-10-27-43(5)14-13-28(42(3,4)26(43)12-15-45(27,44)7)62-40-36(30(51)24(49)20-59-40)63-38-34(55)32(53)29(50)22(2)60-38/h9,21-22,24-40,48-56,58H,10-20H2,1-8H3/t21-,22+,24+,25-,26+,27-,28+,29+,30+,31-,32-,33+,34-,35-,36-,37-,38+,39+,40+,43+,44-,45-,46-,47+/m1/s1.